The van der Waals surface area contributed by atoms with E-state index in [1.54, 1.807) is 0 Å². The summed E-state index contributed by atoms with van der Waals surface area (Å²) in [6.07, 6.45) is 3.04. The SMILES string of the molecule is C=CC(=O)OCC(COC(=O)C=C)(COC(=O)C=C)NCC(C)(C)C. The van der Waals surface area contributed by atoms with Crippen LogP contribution in [-0.4, -0.2) is 49.8 Å². The zero-order valence-corrected chi connectivity index (χ0v) is 15.1. The Morgan fingerprint density at radius 3 is 1.36 bits per heavy atom. The summed E-state index contributed by atoms with van der Waals surface area (Å²) in [5.41, 5.74) is -1.25. The summed E-state index contributed by atoms with van der Waals surface area (Å²) in [6.45, 7) is 15.9. The molecule has 25 heavy (non-hydrogen) atoms. The highest BCUT2D eigenvalue weighted by Gasteiger charge is 2.36. The van der Waals surface area contributed by atoms with E-state index in [-0.39, 0.29) is 25.2 Å². The van der Waals surface area contributed by atoms with Crippen molar-refractivity contribution in [2.75, 3.05) is 26.4 Å². The van der Waals surface area contributed by atoms with Gasteiger partial charge in [-0.25, -0.2) is 14.4 Å². The van der Waals surface area contributed by atoms with Gasteiger partial charge in [-0.1, -0.05) is 40.5 Å². The lowest BCUT2D eigenvalue weighted by atomic mass is 9.94. The molecule has 1 N–H and O–H groups in total. The molecule has 0 aromatic rings. The van der Waals surface area contributed by atoms with Gasteiger partial charge in [0, 0.05) is 24.8 Å². The Morgan fingerprint density at radius 1 is 0.800 bits per heavy atom. The maximum absolute atomic E-state index is 11.4. The van der Waals surface area contributed by atoms with E-state index in [1.165, 1.54) is 0 Å². The van der Waals surface area contributed by atoms with E-state index in [0.29, 0.717) is 6.54 Å². The van der Waals surface area contributed by atoms with Gasteiger partial charge in [-0.15, -0.1) is 0 Å². The van der Waals surface area contributed by atoms with E-state index in [0.717, 1.165) is 18.2 Å². The minimum atomic E-state index is -1.12. The Labute approximate surface area is 148 Å². The molecule has 0 saturated heterocycles. The van der Waals surface area contributed by atoms with Crippen molar-refractivity contribution in [1.82, 2.24) is 5.32 Å². The Hall–Kier alpha value is -2.41. The van der Waals surface area contributed by atoms with Crippen LogP contribution in [0.25, 0.3) is 0 Å². The third-order valence-electron chi connectivity index (χ3n) is 2.97. The van der Waals surface area contributed by atoms with E-state index in [1.807, 2.05) is 20.8 Å². The molecule has 0 heterocycles. The van der Waals surface area contributed by atoms with Crippen LogP contribution in [-0.2, 0) is 28.6 Å². The number of ether oxygens (including phenoxy) is 3. The van der Waals surface area contributed by atoms with Crippen LogP contribution in [0.5, 0.6) is 0 Å². The predicted molar refractivity (Wildman–Crippen MR) is 93.7 cm³/mol. The summed E-state index contributed by atoms with van der Waals surface area (Å²) in [6, 6.07) is 0. The average Bonchev–Trinajstić information content (AvgIpc) is 2.58. The molecule has 0 bridgehead atoms. The molecule has 7 nitrogen and oxygen atoms in total. The predicted octanol–water partition coefficient (Wildman–Crippen LogP) is 1.55. The topological polar surface area (TPSA) is 90.9 Å². The standard InChI is InChI=1S/C18H27NO6/c1-7-14(20)23-11-18(12-24-15(21)8-2,13-25-16(22)9-3)19-10-17(4,5)6/h7-9,19H,1-3,10-13H2,4-6H3. The number of esters is 3. The molecule has 0 radical (unpaired) electrons. The molecule has 7 heteroatoms. The van der Waals surface area contributed by atoms with Gasteiger partial charge in [0.05, 0.1) is 0 Å². The summed E-state index contributed by atoms with van der Waals surface area (Å²) in [7, 11) is 0. The van der Waals surface area contributed by atoms with Crippen molar-refractivity contribution >= 4 is 17.9 Å². The Balaban J connectivity index is 5.37. The second kappa shape index (κ2) is 10.5. The molecule has 0 amide bonds. The monoisotopic (exact) mass is 353 g/mol. The zero-order valence-electron chi connectivity index (χ0n) is 15.1. The van der Waals surface area contributed by atoms with Crippen LogP contribution in [0.15, 0.2) is 38.0 Å². The van der Waals surface area contributed by atoms with Crippen LogP contribution in [0.1, 0.15) is 20.8 Å². The molecule has 0 spiro atoms. The van der Waals surface area contributed by atoms with Crippen molar-refractivity contribution in [3.05, 3.63) is 38.0 Å². The molecular weight excluding hydrogens is 326 g/mol. The van der Waals surface area contributed by atoms with E-state index in [2.05, 4.69) is 25.1 Å². The highest BCUT2D eigenvalue weighted by Crippen LogP contribution is 2.16. The fourth-order valence-corrected chi connectivity index (χ4v) is 1.54. The first-order valence-electron chi connectivity index (χ1n) is 7.70. The van der Waals surface area contributed by atoms with Crippen molar-refractivity contribution in [3.8, 4) is 0 Å². The van der Waals surface area contributed by atoms with Crippen molar-refractivity contribution in [1.29, 1.82) is 0 Å². The van der Waals surface area contributed by atoms with Crippen molar-refractivity contribution < 1.29 is 28.6 Å². The van der Waals surface area contributed by atoms with E-state index < -0.39 is 23.4 Å². The molecule has 0 rings (SSSR count). The van der Waals surface area contributed by atoms with Gasteiger partial charge in [-0.2, -0.15) is 0 Å². The molecule has 0 fully saturated rings. The molecule has 0 aromatic carbocycles. The van der Waals surface area contributed by atoms with E-state index >= 15 is 0 Å². The summed E-state index contributed by atoms with van der Waals surface area (Å²) < 4.78 is 15.3. The molecule has 0 aliphatic carbocycles. The molecule has 0 aliphatic rings. The second-order valence-electron chi connectivity index (χ2n) is 6.63. The van der Waals surface area contributed by atoms with Crippen LogP contribution < -0.4 is 5.32 Å². The van der Waals surface area contributed by atoms with Gasteiger partial charge in [0.2, 0.25) is 0 Å². The fourth-order valence-electron chi connectivity index (χ4n) is 1.54. The first-order chi connectivity index (χ1) is 11.6. The van der Waals surface area contributed by atoms with Crippen LogP contribution in [0.2, 0.25) is 0 Å². The number of nitrogens with one attached hydrogen (secondary N) is 1. The summed E-state index contributed by atoms with van der Waals surface area (Å²) in [5, 5.41) is 3.18. The van der Waals surface area contributed by atoms with E-state index in [4.69, 9.17) is 14.2 Å². The lowest BCUT2D eigenvalue weighted by Crippen LogP contribution is -2.59. The summed E-state index contributed by atoms with van der Waals surface area (Å²) in [5.74, 6) is -1.94. The van der Waals surface area contributed by atoms with Gasteiger partial charge >= 0.3 is 17.9 Å². The first-order valence-corrected chi connectivity index (χ1v) is 7.70. The van der Waals surface area contributed by atoms with Crippen molar-refractivity contribution in [2.24, 2.45) is 5.41 Å². The number of carbonyl (C=O) groups is 3. The Morgan fingerprint density at radius 2 is 1.12 bits per heavy atom. The third kappa shape index (κ3) is 10.1. The van der Waals surface area contributed by atoms with Crippen LogP contribution in [0, 0.1) is 5.41 Å². The molecule has 0 saturated carbocycles. The molecule has 0 aliphatic heterocycles. The summed E-state index contributed by atoms with van der Waals surface area (Å²) >= 11 is 0. The number of carbonyl (C=O) groups excluding carboxylic acids is 3. The van der Waals surface area contributed by atoms with Crippen LogP contribution >= 0.6 is 0 Å². The van der Waals surface area contributed by atoms with Crippen LogP contribution in [0.3, 0.4) is 0 Å². The maximum Gasteiger partial charge on any atom is 0.330 e. The minimum Gasteiger partial charge on any atom is -0.460 e. The number of rotatable bonds is 11. The quantitative estimate of drug-likeness (QED) is 0.342. The van der Waals surface area contributed by atoms with Crippen LogP contribution in [0.4, 0.5) is 0 Å². The molecule has 0 atom stereocenters. The third-order valence-corrected chi connectivity index (χ3v) is 2.97. The lowest BCUT2D eigenvalue weighted by molar-refractivity contribution is -0.150. The van der Waals surface area contributed by atoms with Gasteiger partial charge in [0.1, 0.15) is 25.4 Å². The fraction of sp³-hybridized carbons (Fsp3) is 0.500. The molecule has 140 valence electrons. The highest BCUT2D eigenvalue weighted by molar-refractivity contribution is 5.82. The maximum atomic E-state index is 11.4. The van der Waals surface area contributed by atoms with E-state index in [9.17, 15) is 14.4 Å². The smallest absolute Gasteiger partial charge is 0.330 e. The second-order valence-corrected chi connectivity index (χ2v) is 6.63. The number of hydrogen-bond donors (Lipinski definition) is 1. The lowest BCUT2D eigenvalue weighted by Gasteiger charge is -2.35. The van der Waals surface area contributed by atoms with Gasteiger partial charge in [0.25, 0.3) is 0 Å². The highest BCUT2D eigenvalue weighted by atomic mass is 16.6. The number of hydrogen-bond acceptors (Lipinski definition) is 7. The Kier molecular flexibility index (Phi) is 9.45. The molecule has 0 aromatic heterocycles. The van der Waals surface area contributed by atoms with Crippen molar-refractivity contribution in [3.63, 3.8) is 0 Å². The largest absolute Gasteiger partial charge is 0.460 e. The Bertz CT molecular complexity index is 458. The zero-order chi connectivity index (χ0) is 19.5. The van der Waals surface area contributed by atoms with Gasteiger partial charge in [0.15, 0.2) is 0 Å². The first kappa shape index (κ1) is 22.6. The molecule has 0 unspecified atom stereocenters. The van der Waals surface area contributed by atoms with Gasteiger partial charge < -0.3 is 19.5 Å². The average molecular weight is 353 g/mol. The molecular formula is C18H27NO6. The summed E-state index contributed by atoms with van der Waals surface area (Å²) in [4.78, 5) is 34.3. The van der Waals surface area contributed by atoms with Gasteiger partial charge in [-0.3, -0.25) is 0 Å². The van der Waals surface area contributed by atoms with Crippen molar-refractivity contribution in [2.45, 2.75) is 26.3 Å². The van der Waals surface area contributed by atoms with Gasteiger partial charge in [-0.05, 0) is 5.41 Å². The normalized spacial score (nSPS) is 11.2. The minimum absolute atomic E-state index is 0.126.